The highest BCUT2D eigenvalue weighted by Gasteiger charge is 2.38. The van der Waals surface area contributed by atoms with Gasteiger partial charge in [0.2, 0.25) is 11.8 Å². The average molecular weight is 435 g/mol. The van der Waals surface area contributed by atoms with Crippen LogP contribution >= 0.6 is 11.6 Å². The molecule has 1 aliphatic heterocycles. The molecule has 2 aromatic carbocycles. The summed E-state index contributed by atoms with van der Waals surface area (Å²) in [4.78, 5) is 28.9. The highest BCUT2D eigenvalue weighted by atomic mass is 35.5. The number of carbonyl (C=O) groups is 2. The first-order valence-corrected chi connectivity index (χ1v) is 9.88. The third-order valence-corrected chi connectivity index (χ3v) is 5.79. The van der Waals surface area contributed by atoms with E-state index in [4.69, 9.17) is 21.1 Å². The molecule has 8 heteroatoms. The van der Waals surface area contributed by atoms with Gasteiger partial charge in [-0.2, -0.15) is 0 Å². The second kappa shape index (κ2) is 8.92. The number of rotatable bonds is 6. The van der Waals surface area contributed by atoms with Gasteiger partial charge in [-0.05, 0) is 30.7 Å². The molecule has 0 bridgehead atoms. The van der Waals surface area contributed by atoms with E-state index >= 15 is 0 Å². The Bertz CT molecular complexity index is 951. The molecular weight excluding hydrogens is 411 g/mol. The summed E-state index contributed by atoms with van der Waals surface area (Å²) in [5, 5.41) is 0.345. The van der Waals surface area contributed by atoms with Gasteiger partial charge in [0.1, 0.15) is 17.3 Å². The Morgan fingerprint density at radius 3 is 2.43 bits per heavy atom. The molecule has 2 atom stereocenters. The van der Waals surface area contributed by atoms with Crippen LogP contribution in [0.1, 0.15) is 24.9 Å². The van der Waals surface area contributed by atoms with E-state index in [0.29, 0.717) is 22.2 Å². The monoisotopic (exact) mass is 434 g/mol. The lowest BCUT2D eigenvalue weighted by Gasteiger charge is -2.28. The van der Waals surface area contributed by atoms with Gasteiger partial charge in [-0.25, -0.2) is 4.39 Å². The van der Waals surface area contributed by atoms with E-state index in [1.165, 1.54) is 31.3 Å². The topological polar surface area (TPSA) is 59.1 Å². The fraction of sp³-hybridized carbons (Fsp3) is 0.364. The molecule has 2 unspecified atom stereocenters. The van der Waals surface area contributed by atoms with Crippen molar-refractivity contribution in [2.24, 2.45) is 5.92 Å². The van der Waals surface area contributed by atoms with Gasteiger partial charge in [0.05, 0.1) is 36.9 Å². The van der Waals surface area contributed by atoms with Gasteiger partial charge >= 0.3 is 0 Å². The number of benzene rings is 2. The van der Waals surface area contributed by atoms with Gasteiger partial charge in [0, 0.05) is 26.1 Å². The van der Waals surface area contributed by atoms with Crippen LogP contribution in [0.15, 0.2) is 36.4 Å². The van der Waals surface area contributed by atoms with Crippen molar-refractivity contribution in [2.45, 2.75) is 19.4 Å². The summed E-state index contributed by atoms with van der Waals surface area (Å²) in [6.07, 6.45) is 0.0894. The molecule has 160 valence electrons. The molecule has 30 heavy (non-hydrogen) atoms. The van der Waals surface area contributed by atoms with E-state index in [-0.39, 0.29) is 36.6 Å². The highest BCUT2D eigenvalue weighted by molar-refractivity contribution is 6.32. The number of hydrogen-bond acceptors (Lipinski definition) is 4. The number of nitrogens with zero attached hydrogens (tertiary/aromatic N) is 2. The summed E-state index contributed by atoms with van der Waals surface area (Å²) in [5.41, 5.74) is 1.31. The number of carbonyl (C=O) groups excluding carboxylic acids is 2. The Labute approximate surface area is 180 Å². The van der Waals surface area contributed by atoms with Crippen LogP contribution in [0.4, 0.5) is 10.1 Å². The largest absolute Gasteiger partial charge is 0.495 e. The lowest BCUT2D eigenvalue weighted by Crippen LogP contribution is -2.36. The van der Waals surface area contributed by atoms with Gasteiger partial charge in [-0.15, -0.1) is 0 Å². The number of anilines is 1. The Morgan fingerprint density at radius 2 is 1.83 bits per heavy atom. The highest BCUT2D eigenvalue weighted by Crippen LogP contribution is 2.40. The van der Waals surface area contributed by atoms with Gasteiger partial charge in [0.25, 0.3) is 0 Å². The summed E-state index contributed by atoms with van der Waals surface area (Å²) < 4.78 is 23.8. The predicted octanol–water partition coefficient (Wildman–Crippen LogP) is 4.07. The minimum atomic E-state index is -0.504. The molecule has 0 N–H and O–H groups in total. The smallest absolute Gasteiger partial charge is 0.228 e. The molecule has 0 aliphatic carbocycles. The Balaban J connectivity index is 1.79. The van der Waals surface area contributed by atoms with Crippen LogP contribution in [0.3, 0.4) is 0 Å². The number of ether oxygens (including phenoxy) is 2. The van der Waals surface area contributed by atoms with Gasteiger partial charge in [-0.3, -0.25) is 9.59 Å². The minimum Gasteiger partial charge on any atom is -0.495 e. The van der Waals surface area contributed by atoms with Crippen molar-refractivity contribution in [3.8, 4) is 11.5 Å². The lowest BCUT2D eigenvalue weighted by molar-refractivity contribution is -0.136. The summed E-state index contributed by atoms with van der Waals surface area (Å²) >= 11 is 6.23. The van der Waals surface area contributed by atoms with Crippen molar-refractivity contribution >= 4 is 29.1 Å². The SMILES string of the molecule is COc1cc(OC)c(N2CC(C(=O)N(C)C(C)c3ccc(F)cc3)CC2=O)cc1Cl. The zero-order chi connectivity index (χ0) is 22.0. The lowest BCUT2D eigenvalue weighted by atomic mass is 10.0. The number of methoxy groups -OCH3 is 2. The molecule has 3 rings (SSSR count). The van der Waals surface area contributed by atoms with Crippen LogP contribution in [-0.4, -0.2) is 44.5 Å². The zero-order valence-corrected chi connectivity index (χ0v) is 18.1. The van der Waals surface area contributed by atoms with Crippen molar-refractivity contribution in [3.05, 3.63) is 52.8 Å². The van der Waals surface area contributed by atoms with E-state index in [2.05, 4.69) is 0 Å². The average Bonchev–Trinajstić information content (AvgIpc) is 3.13. The first-order chi connectivity index (χ1) is 14.3. The van der Waals surface area contributed by atoms with E-state index in [1.807, 2.05) is 6.92 Å². The first kappa shape index (κ1) is 21.9. The van der Waals surface area contributed by atoms with E-state index < -0.39 is 5.92 Å². The van der Waals surface area contributed by atoms with Gasteiger partial charge < -0.3 is 19.3 Å². The molecule has 2 amide bonds. The van der Waals surface area contributed by atoms with Crippen LogP contribution in [0.25, 0.3) is 0 Å². The van der Waals surface area contributed by atoms with Crippen molar-refractivity contribution < 1.29 is 23.5 Å². The van der Waals surface area contributed by atoms with Crippen molar-refractivity contribution in [3.63, 3.8) is 0 Å². The molecule has 0 radical (unpaired) electrons. The van der Waals surface area contributed by atoms with E-state index in [0.717, 1.165) is 5.56 Å². The van der Waals surface area contributed by atoms with Crippen molar-refractivity contribution in [1.29, 1.82) is 0 Å². The zero-order valence-electron chi connectivity index (χ0n) is 17.3. The molecule has 1 heterocycles. The Hall–Kier alpha value is -2.80. The van der Waals surface area contributed by atoms with E-state index in [9.17, 15) is 14.0 Å². The molecule has 0 spiro atoms. The Morgan fingerprint density at radius 1 is 1.20 bits per heavy atom. The molecule has 1 aliphatic rings. The fourth-order valence-corrected chi connectivity index (χ4v) is 3.84. The number of amides is 2. The molecule has 1 saturated heterocycles. The number of halogens is 2. The quantitative estimate of drug-likeness (QED) is 0.687. The minimum absolute atomic E-state index is 0.0894. The van der Waals surface area contributed by atoms with Crippen LogP contribution in [0.2, 0.25) is 5.02 Å². The second-order valence-electron chi connectivity index (χ2n) is 7.24. The summed E-state index contributed by atoms with van der Waals surface area (Å²) in [6, 6.07) is 9.00. The molecule has 1 fully saturated rings. The van der Waals surface area contributed by atoms with Gasteiger partial charge in [0.15, 0.2) is 0 Å². The summed E-state index contributed by atoms with van der Waals surface area (Å²) in [6.45, 7) is 2.09. The maximum atomic E-state index is 13.2. The third-order valence-electron chi connectivity index (χ3n) is 5.50. The second-order valence-corrected chi connectivity index (χ2v) is 7.65. The number of hydrogen-bond donors (Lipinski definition) is 0. The van der Waals surface area contributed by atoms with Crippen molar-refractivity contribution in [2.75, 3.05) is 32.7 Å². The molecule has 2 aromatic rings. The fourth-order valence-electron chi connectivity index (χ4n) is 3.60. The summed E-state index contributed by atoms with van der Waals surface area (Å²) in [5.74, 6) is -0.299. The maximum Gasteiger partial charge on any atom is 0.228 e. The third kappa shape index (κ3) is 4.21. The maximum absolute atomic E-state index is 13.2. The molecule has 0 saturated carbocycles. The molecule has 6 nitrogen and oxygen atoms in total. The first-order valence-electron chi connectivity index (χ1n) is 9.50. The van der Waals surface area contributed by atoms with E-state index in [1.54, 1.807) is 36.2 Å². The van der Waals surface area contributed by atoms with Crippen molar-refractivity contribution in [1.82, 2.24) is 4.90 Å². The van der Waals surface area contributed by atoms with Crippen LogP contribution < -0.4 is 14.4 Å². The van der Waals surface area contributed by atoms with Crippen LogP contribution in [0, 0.1) is 11.7 Å². The normalized spacial score (nSPS) is 17.1. The molecule has 0 aromatic heterocycles. The van der Waals surface area contributed by atoms with Gasteiger partial charge in [-0.1, -0.05) is 23.7 Å². The summed E-state index contributed by atoms with van der Waals surface area (Å²) in [7, 11) is 4.68. The Kier molecular flexibility index (Phi) is 6.51. The van der Waals surface area contributed by atoms with Crippen LogP contribution in [0.5, 0.6) is 11.5 Å². The predicted molar refractivity (Wildman–Crippen MR) is 113 cm³/mol. The molecular formula is C22H24ClFN2O4. The van der Waals surface area contributed by atoms with Crippen LogP contribution in [-0.2, 0) is 9.59 Å². The standard InChI is InChI=1S/C22H24ClFN2O4/c1-13(14-5-7-16(24)8-6-14)25(2)22(28)15-9-21(27)26(12-15)18-10-17(23)19(29-3)11-20(18)30-4/h5-8,10-11,13,15H,9,12H2,1-4H3.